The van der Waals surface area contributed by atoms with Crippen LogP contribution in [-0.2, 0) is 4.79 Å². The van der Waals surface area contributed by atoms with Gasteiger partial charge in [0.15, 0.2) is 11.5 Å². The molecule has 0 spiro atoms. The quantitative estimate of drug-likeness (QED) is 0.749. The normalized spacial score (nSPS) is 17.8. The van der Waals surface area contributed by atoms with E-state index >= 15 is 0 Å². The van der Waals surface area contributed by atoms with Gasteiger partial charge in [-0.3, -0.25) is 4.79 Å². The lowest BCUT2D eigenvalue weighted by atomic mass is 10.0. The van der Waals surface area contributed by atoms with E-state index in [0.717, 1.165) is 12.8 Å². The monoisotopic (exact) mass is 304 g/mol. The third-order valence-corrected chi connectivity index (χ3v) is 3.76. The maximum Gasteiger partial charge on any atom is 0.264 e. The van der Waals surface area contributed by atoms with Crippen molar-refractivity contribution in [1.82, 2.24) is 5.32 Å². The lowest BCUT2D eigenvalue weighted by Crippen LogP contribution is -2.45. The van der Waals surface area contributed by atoms with E-state index in [1.165, 1.54) is 12.8 Å². The molecular weight excluding hydrogens is 278 g/mol. The number of carbonyl (C=O) groups excluding carboxylic acids is 1. The number of ether oxygens (including phenoxy) is 2. The second kappa shape index (κ2) is 8.66. The van der Waals surface area contributed by atoms with Crippen LogP contribution in [0.5, 0.6) is 11.5 Å². The molecule has 1 aliphatic rings. The van der Waals surface area contributed by atoms with Gasteiger partial charge in [-0.15, -0.1) is 0 Å². The summed E-state index contributed by atoms with van der Waals surface area (Å²) >= 11 is 0. The number of hydrogen-bond acceptors (Lipinski definition) is 3. The van der Waals surface area contributed by atoms with Crippen molar-refractivity contribution < 1.29 is 14.3 Å². The lowest BCUT2D eigenvalue weighted by Gasteiger charge is -2.26. The molecule has 1 aliphatic heterocycles. The second-order valence-corrected chi connectivity index (χ2v) is 5.88. The molecule has 2 atom stereocenters. The smallest absolute Gasteiger partial charge is 0.264 e. The van der Waals surface area contributed by atoms with E-state index < -0.39 is 6.10 Å². The van der Waals surface area contributed by atoms with Crippen LogP contribution in [0.1, 0.15) is 39.5 Å². The van der Waals surface area contributed by atoms with E-state index in [0.29, 0.717) is 24.0 Å². The molecule has 4 heteroatoms. The predicted octanol–water partition coefficient (Wildman–Crippen LogP) is 3.36. The van der Waals surface area contributed by atoms with Crippen LogP contribution in [0.15, 0.2) is 24.3 Å². The minimum atomic E-state index is -0.564. The van der Waals surface area contributed by atoms with Crippen LogP contribution in [0.4, 0.5) is 0 Å². The first-order chi connectivity index (χ1) is 10.7. The van der Waals surface area contributed by atoms with Crippen LogP contribution in [0.2, 0.25) is 0 Å². The van der Waals surface area contributed by atoms with Crippen LogP contribution >= 0.6 is 0 Å². The Kier molecular flexibility index (Phi) is 6.56. The summed E-state index contributed by atoms with van der Waals surface area (Å²) in [4.78, 5) is 12.2. The maximum atomic E-state index is 12.2. The summed E-state index contributed by atoms with van der Waals surface area (Å²) in [5, 5.41) is 2.96. The van der Waals surface area contributed by atoms with Gasteiger partial charge in [-0.2, -0.15) is 0 Å². The van der Waals surface area contributed by atoms with Crippen molar-refractivity contribution in [2.24, 2.45) is 5.92 Å². The average molecular weight is 304 g/mol. The summed E-state index contributed by atoms with van der Waals surface area (Å²) in [6, 6.07) is 7.42. The zero-order valence-electron chi connectivity index (χ0n) is 13.5. The SMILES string of the molecule is CCCC[CH]CC(C)CNC(=O)C1COc2ccccc2O1. The largest absolute Gasteiger partial charge is 0.485 e. The van der Waals surface area contributed by atoms with Crippen molar-refractivity contribution in [3.05, 3.63) is 30.7 Å². The van der Waals surface area contributed by atoms with Crippen molar-refractivity contribution in [2.45, 2.75) is 45.6 Å². The van der Waals surface area contributed by atoms with Gasteiger partial charge in [0, 0.05) is 6.54 Å². The van der Waals surface area contributed by atoms with Gasteiger partial charge in [0.2, 0.25) is 6.10 Å². The molecule has 121 valence electrons. The molecule has 1 aromatic rings. The Morgan fingerprint density at radius 1 is 1.41 bits per heavy atom. The standard InChI is InChI=1S/C18H26NO3/c1-3-4-5-6-9-14(2)12-19-18(20)17-13-21-15-10-7-8-11-16(15)22-17/h6-8,10-11,14,17H,3-5,9,12-13H2,1-2H3,(H,19,20). The number of para-hydroxylation sites is 2. The molecule has 0 bridgehead atoms. The van der Waals surface area contributed by atoms with Gasteiger partial charge in [0.1, 0.15) is 6.61 Å². The molecule has 1 heterocycles. The van der Waals surface area contributed by atoms with E-state index in [4.69, 9.17) is 9.47 Å². The minimum absolute atomic E-state index is 0.102. The number of nitrogens with one attached hydrogen (secondary N) is 1. The molecule has 0 aromatic heterocycles. The number of benzene rings is 1. The fourth-order valence-corrected chi connectivity index (χ4v) is 2.37. The summed E-state index contributed by atoms with van der Waals surface area (Å²) in [7, 11) is 0. The van der Waals surface area contributed by atoms with E-state index in [1.54, 1.807) is 0 Å². The fraction of sp³-hybridized carbons (Fsp3) is 0.556. The number of fused-ring (bicyclic) bond motifs is 1. The average Bonchev–Trinajstić information content (AvgIpc) is 2.56. The first-order valence-corrected chi connectivity index (χ1v) is 8.18. The van der Waals surface area contributed by atoms with Gasteiger partial charge in [-0.25, -0.2) is 0 Å². The molecule has 0 fully saturated rings. The Balaban J connectivity index is 1.70. The van der Waals surface area contributed by atoms with Gasteiger partial charge in [0.05, 0.1) is 0 Å². The predicted molar refractivity (Wildman–Crippen MR) is 87.0 cm³/mol. The van der Waals surface area contributed by atoms with Gasteiger partial charge < -0.3 is 14.8 Å². The first kappa shape index (κ1) is 16.7. The summed E-state index contributed by atoms with van der Waals surface area (Å²) in [6.07, 6.45) is 6.41. The van der Waals surface area contributed by atoms with Gasteiger partial charge in [-0.1, -0.05) is 45.2 Å². The Morgan fingerprint density at radius 2 is 2.18 bits per heavy atom. The third kappa shape index (κ3) is 4.93. The van der Waals surface area contributed by atoms with Gasteiger partial charge >= 0.3 is 0 Å². The highest BCUT2D eigenvalue weighted by Crippen LogP contribution is 2.30. The molecule has 1 N–H and O–H groups in total. The fourth-order valence-electron chi connectivity index (χ4n) is 2.37. The molecule has 2 rings (SSSR count). The van der Waals surface area contributed by atoms with Crippen molar-refractivity contribution in [1.29, 1.82) is 0 Å². The molecule has 22 heavy (non-hydrogen) atoms. The summed E-state index contributed by atoms with van der Waals surface area (Å²) in [5.41, 5.74) is 0. The molecular formula is C18H26NO3. The van der Waals surface area contributed by atoms with E-state index in [2.05, 4.69) is 25.6 Å². The van der Waals surface area contributed by atoms with E-state index in [-0.39, 0.29) is 12.5 Å². The molecule has 0 saturated carbocycles. The zero-order valence-corrected chi connectivity index (χ0v) is 13.5. The molecule has 0 saturated heterocycles. The van der Waals surface area contributed by atoms with Gasteiger partial charge in [-0.05, 0) is 30.9 Å². The van der Waals surface area contributed by atoms with Crippen molar-refractivity contribution in [2.75, 3.05) is 13.2 Å². The summed E-state index contributed by atoms with van der Waals surface area (Å²) in [5.74, 6) is 1.67. The highest BCUT2D eigenvalue weighted by molar-refractivity contribution is 5.81. The van der Waals surface area contributed by atoms with Crippen LogP contribution in [-0.4, -0.2) is 25.2 Å². The zero-order chi connectivity index (χ0) is 15.8. The van der Waals surface area contributed by atoms with Crippen LogP contribution in [0.25, 0.3) is 0 Å². The maximum absolute atomic E-state index is 12.2. The number of amides is 1. The third-order valence-electron chi connectivity index (χ3n) is 3.76. The van der Waals surface area contributed by atoms with Crippen molar-refractivity contribution in [3.8, 4) is 11.5 Å². The molecule has 1 aromatic carbocycles. The van der Waals surface area contributed by atoms with Crippen molar-refractivity contribution in [3.63, 3.8) is 0 Å². The van der Waals surface area contributed by atoms with Crippen molar-refractivity contribution >= 4 is 5.91 Å². The number of hydrogen-bond donors (Lipinski definition) is 1. The van der Waals surface area contributed by atoms with Crippen LogP contribution < -0.4 is 14.8 Å². The molecule has 0 aliphatic carbocycles. The van der Waals surface area contributed by atoms with Gasteiger partial charge in [0.25, 0.3) is 5.91 Å². The van der Waals surface area contributed by atoms with E-state index in [9.17, 15) is 4.79 Å². The molecule has 1 radical (unpaired) electrons. The van der Waals surface area contributed by atoms with Crippen LogP contribution in [0, 0.1) is 12.3 Å². The Morgan fingerprint density at radius 3 is 2.95 bits per heavy atom. The summed E-state index contributed by atoms with van der Waals surface area (Å²) < 4.78 is 11.3. The minimum Gasteiger partial charge on any atom is -0.485 e. The number of carbonyl (C=O) groups is 1. The second-order valence-electron chi connectivity index (χ2n) is 5.88. The number of unbranched alkanes of at least 4 members (excludes halogenated alkanes) is 3. The Labute approximate surface area is 133 Å². The van der Waals surface area contributed by atoms with Crippen LogP contribution in [0.3, 0.4) is 0 Å². The number of rotatable bonds is 8. The lowest BCUT2D eigenvalue weighted by molar-refractivity contribution is -0.130. The molecule has 4 nitrogen and oxygen atoms in total. The molecule has 1 amide bonds. The highest BCUT2D eigenvalue weighted by atomic mass is 16.6. The molecule has 2 unspecified atom stereocenters. The highest BCUT2D eigenvalue weighted by Gasteiger charge is 2.27. The first-order valence-electron chi connectivity index (χ1n) is 8.18. The summed E-state index contributed by atoms with van der Waals surface area (Å²) in [6.45, 7) is 5.28. The topological polar surface area (TPSA) is 47.6 Å². The Bertz CT molecular complexity index is 475. The van der Waals surface area contributed by atoms with E-state index in [1.807, 2.05) is 24.3 Å². The Hall–Kier alpha value is -1.71.